The molecule has 0 aromatic heterocycles. The molecule has 0 unspecified atom stereocenters. The zero-order valence-corrected chi connectivity index (χ0v) is 8.12. The zero-order valence-electron chi connectivity index (χ0n) is 8.12. The SMILES string of the molecule is C#Cc1ccc(N)c(OCCOC)c1. The number of hydrogen-bond acceptors (Lipinski definition) is 3. The van der Waals surface area contributed by atoms with E-state index in [0.717, 1.165) is 5.56 Å². The maximum absolute atomic E-state index is 5.69. The van der Waals surface area contributed by atoms with Gasteiger partial charge in [-0.1, -0.05) is 5.92 Å². The molecule has 0 aliphatic rings. The number of methoxy groups -OCH3 is 1. The van der Waals surface area contributed by atoms with Crippen LogP contribution in [0, 0.1) is 12.3 Å². The minimum atomic E-state index is 0.467. The molecule has 0 aliphatic carbocycles. The second-order valence-electron chi connectivity index (χ2n) is 2.74. The van der Waals surface area contributed by atoms with E-state index in [9.17, 15) is 0 Å². The van der Waals surface area contributed by atoms with Gasteiger partial charge in [-0.2, -0.15) is 0 Å². The summed E-state index contributed by atoms with van der Waals surface area (Å²) >= 11 is 0. The predicted molar refractivity (Wildman–Crippen MR) is 56.2 cm³/mol. The summed E-state index contributed by atoms with van der Waals surface area (Å²) in [6.45, 7) is 0.994. The average Bonchev–Trinajstić information content (AvgIpc) is 2.21. The van der Waals surface area contributed by atoms with E-state index in [4.69, 9.17) is 21.6 Å². The van der Waals surface area contributed by atoms with Gasteiger partial charge in [0.05, 0.1) is 12.3 Å². The Balaban J connectivity index is 2.70. The number of terminal acetylenes is 1. The Labute approximate surface area is 83.8 Å². The first-order valence-electron chi connectivity index (χ1n) is 4.26. The van der Waals surface area contributed by atoms with Gasteiger partial charge < -0.3 is 15.2 Å². The molecule has 1 aromatic carbocycles. The first-order chi connectivity index (χ1) is 6.77. The van der Waals surface area contributed by atoms with Crippen LogP contribution in [-0.4, -0.2) is 20.3 Å². The summed E-state index contributed by atoms with van der Waals surface area (Å²) in [7, 11) is 1.62. The fourth-order valence-corrected chi connectivity index (χ4v) is 0.984. The van der Waals surface area contributed by atoms with E-state index in [0.29, 0.717) is 24.7 Å². The number of rotatable bonds is 4. The molecule has 0 fully saturated rings. The van der Waals surface area contributed by atoms with E-state index in [1.54, 1.807) is 25.3 Å². The van der Waals surface area contributed by atoms with E-state index < -0.39 is 0 Å². The van der Waals surface area contributed by atoms with Crippen molar-refractivity contribution < 1.29 is 9.47 Å². The molecule has 1 aromatic rings. The monoisotopic (exact) mass is 191 g/mol. The molecule has 0 spiro atoms. The lowest BCUT2D eigenvalue weighted by Gasteiger charge is -2.08. The lowest BCUT2D eigenvalue weighted by atomic mass is 10.2. The van der Waals surface area contributed by atoms with Crippen LogP contribution in [0.5, 0.6) is 5.75 Å². The van der Waals surface area contributed by atoms with Crippen molar-refractivity contribution in [1.29, 1.82) is 0 Å². The Morgan fingerprint density at radius 1 is 1.43 bits per heavy atom. The van der Waals surface area contributed by atoms with Crippen molar-refractivity contribution in [3.8, 4) is 18.1 Å². The van der Waals surface area contributed by atoms with Crippen LogP contribution < -0.4 is 10.5 Å². The highest BCUT2D eigenvalue weighted by Gasteiger charge is 2.00. The van der Waals surface area contributed by atoms with Crippen LogP contribution in [0.1, 0.15) is 5.56 Å². The van der Waals surface area contributed by atoms with Crippen LogP contribution in [0.2, 0.25) is 0 Å². The molecule has 14 heavy (non-hydrogen) atoms. The number of anilines is 1. The second kappa shape index (κ2) is 5.15. The normalized spacial score (nSPS) is 9.43. The van der Waals surface area contributed by atoms with Crippen LogP contribution in [0.4, 0.5) is 5.69 Å². The van der Waals surface area contributed by atoms with Crippen molar-refractivity contribution in [1.82, 2.24) is 0 Å². The van der Waals surface area contributed by atoms with Gasteiger partial charge in [0.2, 0.25) is 0 Å². The van der Waals surface area contributed by atoms with E-state index in [1.807, 2.05) is 0 Å². The molecule has 0 heterocycles. The third kappa shape index (κ3) is 2.68. The van der Waals surface area contributed by atoms with Gasteiger partial charge in [0.25, 0.3) is 0 Å². The van der Waals surface area contributed by atoms with Gasteiger partial charge >= 0.3 is 0 Å². The summed E-state index contributed by atoms with van der Waals surface area (Å²) in [5, 5.41) is 0. The fourth-order valence-electron chi connectivity index (χ4n) is 0.984. The second-order valence-corrected chi connectivity index (χ2v) is 2.74. The lowest BCUT2D eigenvalue weighted by molar-refractivity contribution is 0.146. The minimum Gasteiger partial charge on any atom is -0.489 e. The molecule has 0 saturated heterocycles. The molecular weight excluding hydrogens is 178 g/mol. The Bertz CT molecular complexity index is 342. The molecule has 2 N–H and O–H groups in total. The average molecular weight is 191 g/mol. The highest BCUT2D eigenvalue weighted by atomic mass is 16.5. The standard InChI is InChI=1S/C11H13NO2/c1-3-9-4-5-10(12)11(8-9)14-7-6-13-2/h1,4-5,8H,6-7,12H2,2H3. The van der Waals surface area contributed by atoms with E-state index in [-0.39, 0.29) is 0 Å². The topological polar surface area (TPSA) is 44.5 Å². The highest BCUT2D eigenvalue weighted by Crippen LogP contribution is 2.22. The first-order valence-corrected chi connectivity index (χ1v) is 4.26. The van der Waals surface area contributed by atoms with Crippen LogP contribution >= 0.6 is 0 Å². The van der Waals surface area contributed by atoms with Gasteiger partial charge in [0.1, 0.15) is 12.4 Å². The van der Waals surface area contributed by atoms with Crippen molar-refractivity contribution >= 4 is 5.69 Å². The third-order valence-corrected chi connectivity index (χ3v) is 1.73. The quantitative estimate of drug-likeness (QED) is 0.443. The summed E-state index contributed by atoms with van der Waals surface area (Å²) in [6.07, 6.45) is 5.25. The van der Waals surface area contributed by atoms with Crippen molar-refractivity contribution in [2.75, 3.05) is 26.1 Å². The van der Waals surface area contributed by atoms with Crippen molar-refractivity contribution in [3.05, 3.63) is 23.8 Å². The van der Waals surface area contributed by atoms with Gasteiger partial charge in [0, 0.05) is 12.7 Å². The van der Waals surface area contributed by atoms with Crippen LogP contribution in [0.25, 0.3) is 0 Å². The van der Waals surface area contributed by atoms with Gasteiger partial charge in [-0.15, -0.1) is 6.42 Å². The maximum atomic E-state index is 5.69. The van der Waals surface area contributed by atoms with E-state index in [2.05, 4.69) is 5.92 Å². The minimum absolute atomic E-state index is 0.467. The van der Waals surface area contributed by atoms with Gasteiger partial charge in [-0.25, -0.2) is 0 Å². The van der Waals surface area contributed by atoms with Crippen LogP contribution in [0.15, 0.2) is 18.2 Å². The fraction of sp³-hybridized carbons (Fsp3) is 0.273. The molecule has 0 saturated carbocycles. The maximum Gasteiger partial charge on any atom is 0.143 e. The molecule has 3 heteroatoms. The van der Waals surface area contributed by atoms with Gasteiger partial charge in [0.15, 0.2) is 0 Å². The molecular formula is C11H13NO2. The van der Waals surface area contributed by atoms with Gasteiger partial charge in [-0.3, -0.25) is 0 Å². The number of ether oxygens (including phenoxy) is 2. The molecule has 0 bridgehead atoms. The Morgan fingerprint density at radius 3 is 2.86 bits per heavy atom. The summed E-state index contributed by atoms with van der Waals surface area (Å²) in [5.41, 5.74) is 7.03. The number of benzene rings is 1. The molecule has 0 atom stereocenters. The van der Waals surface area contributed by atoms with E-state index >= 15 is 0 Å². The lowest BCUT2D eigenvalue weighted by Crippen LogP contribution is -2.06. The Morgan fingerprint density at radius 2 is 2.21 bits per heavy atom. The predicted octanol–water partition coefficient (Wildman–Crippen LogP) is 1.28. The smallest absolute Gasteiger partial charge is 0.143 e. The summed E-state index contributed by atoms with van der Waals surface area (Å²) in [6, 6.07) is 5.25. The summed E-state index contributed by atoms with van der Waals surface area (Å²) in [5.74, 6) is 3.13. The first kappa shape index (κ1) is 10.4. The van der Waals surface area contributed by atoms with Crippen molar-refractivity contribution in [2.45, 2.75) is 0 Å². The third-order valence-electron chi connectivity index (χ3n) is 1.73. The molecule has 0 amide bonds. The molecule has 0 radical (unpaired) electrons. The number of nitrogen functional groups attached to an aromatic ring is 1. The van der Waals surface area contributed by atoms with Crippen molar-refractivity contribution in [3.63, 3.8) is 0 Å². The molecule has 1 rings (SSSR count). The number of nitrogens with two attached hydrogens (primary N) is 1. The summed E-state index contributed by atoms with van der Waals surface area (Å²) in [4.78, 5) is 0. The Kier molecular flexibility index (Phi) is 3.84. The van der Waals surface area contributed by atoms with Crippen LogP contribution in [-0.2, 0) is 4.74 Å². The molecule has 3 nitrogen and oxygen atoms in total. The Hall–Kier alpha value is -1.66. The molecule has 0 aliphatic heterocycles. The van der Waals surface area contributed by atoms with Crippen LogP contribution in [0.3, 0.4) is 0 Å². The largest absolute Gasteiger partial charge is 0.489 e. The molecule has 74 valence electrons. The number of hydrogen-bond donors (Lipinski definition) is 1. The van der Waals surface area contributed by atoms with Crippen molar-refractivity contribution in [2.24, 2.45) is 0 Å². The summed E-state index contributed by atoms with van der Waals surface area (Å²) < 4.78 is 10.2. The highest BCUT2D eigenvalue weighted by molar-refractivity contribution is 5.56. The zero-order chi connectivity index (χ0) is 10.4. The van der Waals surface area contributed by atoms with E-state index in [1.165, 1.54) is 0 Å². The van der Waals surface area contributed by atoms with Gasteiger partial charge in [-0.05, 0) is 18.2 Å².